The van der Waals surface area contributed by atoms with Crippen LogP contribution in [0.1, 0.15) is 18.9 Å². The van der Waals surface area contributed by atoms with Crippen molar-refractivity contribution in [1.82, 2.24) is 10.2 Å². The molecule has 1 atom stereocenters. The number of likely N-dealkylation sites (tertiary alicyclic amines) is 1. The number of hydrogen-bond acceptors (Lipinski definition) is 2. The van der Waals surface area contributed by atoms with Crippen LogP contribution in [0.25, 0.3) is 0 Å². The van der Waals surface area contributed by atoms with E-state index in [-0.39, 0.29) is 5.82 Å². The normalized spacial score (nSPS) is 20.9. The second-order valence-electron chi connectivity index (χ2n) is 4.82. The minimum absolute atomic E-state index is 0.153. The van der Waals surface area contributed by atoms with Crippen LogP contribution in [-0.4, -0.2) is 31.1 Å². The van der Waals surface area contributed by atoms with E-state index in [0.717, 1.165) is 38.6 Å². The minimum Gasteiger partial charge on any atom is -0.317 e. The van der Waals surface area contributed by atoms with E-state index in [2.05, 4.69) is 17.1 Å². The summed E-state index contributed by atoms with van der Waals surface area (Å²) >= 11 is 0. The SMILES string of the molecule is CCNCC1CCN(Cc2ccc(F)cc2)C1. The fraction of sp³-hybridized carbons (Fsp3) is 0.571. The third-order valence-corrected chi connectivity index (χ3v) is 3.37. The summed E-state index contributed by atoms with van der Waals surface area (Å²) in [6.07, 6.45) is 1.27. The first-order valence-electron chi connectivity index (χ1n) is 6.45. The first-order chi connectivity index (χ1) is 8.28. The molecule has 0 radical (unpaired) electrons. The maximum atomic E-state index is 12.8. The van der Waals surface area contributed by atoms with Crippen LogP contribution in [0.4, 0.5) is 4.39 Å². The maximum absolute atomic E-state index is 12.8. The van der Waals surface area contributed by atoms with E-state index in [1.807, 2.05) is 12.1 Å². The molecule has 1 aromatic carbocycles. The Hall–Kier alpha value is -0.930. The topological polar surface area (TPSA) is 15.3 Å². The lowest BCUT2D eigenvalue weighted by Gasteiger charge is -2.16. The molecule has 0 amide bonds. The summed E-state index contributed by atoms with van der Waals surface area (Å²) in [5, 5.41) is 3.41. The molecular weight excluding hydrogens is 215 g/mol. The van der Waals surface area contributed by atoms with Crippen molar-refractivity contribution < 1.29 is 4.39 Å². The second kappa shape index (κ2) is 6.12. The highest BCUT2D eigenvalue weighted by Gasteiger charge is 2.21. The fourth-order valence-electron chi connectivity index (χ4n) is 2.42. The molecule has 1 saturated heterocycles. The van der Waals surface area contributed by atoms with Crippen LogP contribution in [0.15, 0.2) is 24.3 Å². The van der Waals surface area contributed by atoms with Crippen LogP contribution >= 0.6 is 0 Å². The van der Waals surface area contributed by atoms with E-state index in [0.29, 0.717) is 0 Å². The molecule has 1 N–H and O–H groups in total. The first kappa shape index (κ1) is 12.5. The Morgan fingerprint density at radius 1 is 1.35 bits per heavy atom. The molecule has 0 bridgehead atoms. The average molecular weight is 236 g/mol. The number of rotatable bonds is 5. The van der Waals surface area contributed by atoms with Gasteiger partial charge in [0.15, 0.2) is 0 Å². The van der Waals surface area contributed by atoms with Crippen LogP contribution in [0.5, 0.6) is 0 Å². The molecule has 1 aliphatic heterocycles. The van der Waals surface area contributed by atoms with Crippen LogP contribution in [0.3, 0.4) is 0 Å². The van der Waals surface area contributed by atoms with Gasteiger partial charge in [-0.1, -0.05) is 19.1 Å². The van der Waals surface area contributed by atoms with E-state index in [1.165, 1.54) is 12.0 Å². The van der Waals surface area contributed by atoms with Crippen molar-refractivity contribution in [3.63, 3.8) is 0 Å². The number of halogens is 1. The predicted octanol–water partition coefficient (Wildman–Crippen LogP) is 2.26. The summed E-state index contributed by atoms with van der Waals surface area (Å²) in [4.78, 5) is 2.45. The van der Waals surface area contributed by atoms with Gasteiger partial charge in [0.25, 0.3) is 0 Å². The summed E-state index contributed by atoms with van der Waals surface area (Å²) < 4.78 is 12.8. The van der Waals surface area contributed by atoms with Gasteiger partial charge in [-0.25, -0.2) is 4.39 Å². The Morgan fingerprint density at radius 2 is 2.12 bits per heavy atom. The zero-order valence-electron chi connectivity index (χ0n) is 10.5. The van der Waals surface area contributed by atoms with Crippen molar-refractivity contribution in [2.24, 2.45) is 5.92 Å². The second-order valence-corrected chi connectivity index (χ2v) is 4.82. The molecule has 1 fully saturated rings. The van der Waals surface area contributed by atoms with Gasteiger partial charge >= 0.3 is 0 Å². The standard InChI is InChI=1S/C14H21FN2/c1-2-16-9-13-7-8-17(11-13)10-12-3-5-14(15)6-4-12/h3-6,13,16H,2,7-11H2,1H3. The quantitative estimate of drug-likeness (QED) is 0.843. The number of nitrogens with one attached hydrogen (secondary N) is 1. The van der Waals surface area contributed by atoms with Gasteiger partial charge in [-0.3, -0.25) is 4.90 Å². The largest absolute Gasteiger partial charge is 0.317 e. The van der Waals surface area contributed by atoms with E-state index in [1.54, 1.807) is 12.1 Å². The highest BCUT2D eigenvalue weighted by atomic mass is 19.1. The lowest BCUT2D eigenvalue weighted by atomic mass is 10.1. The third-order valence-electron chi connectivity index (χ3n) is 3.37. The van der Waals surface area contributed by atoms with Crippen LogP contribution < -0.4 is 5.32 Å². The van der Waals surface area contributed by atoms with Crippen LogP contribution in [0.2, 0.25) is 0 Å². The lowest BCUT2D eigenvalue weighted by molar-refractivity contribution is 0.314. The molecule has 0 saturated carbocycles. The van der Waals surface area contributed by atoms with E-state index < -0.39 is 0 Å². The van der Waals surface area contributed by atoms with Crippen molar-refractivity contribution >= 4 is 0 Å². The maximum Gasteiger partial charge on any atom is 0.123 e. The smallest absolute Gasteiger partial charge is 0.123 e. The molecule has 2 rings (SSSR count). The van der Waals surface area contributed by atoms with Crippen molar-refractivity contribution in [3.05, 3.63) is 35.6 Å². The van der Waals surface area contributed by atoms with Crippen molar-refractivity contribution in [2.45, 2.75) is 19.9 Å². The molecule has 0 aromatic heterocycles. The van der Waals surface area contributed by atoms with E-state index in [4.69, 9.17) is 0 Å². The molecule has 94 valence electrons. The first-order valence-corrected chi connectivity index (χ1v) is 6.45. The number of nitrogens with zero attached hydrogens (tertiary/aromatic N) is 1. The third kappa shape index (κ3) is 3.79. The van der Waals surface area contributed by atoms with Crippen LogP contribution in [-0.2, 0) is 6.54 Å². The van der Waals surface area contributed by atoms with Gasteiger partial charge in [-0.15, -0.1) is 0 Å². The molecule has 1 aliphatic rings. The molecule has 0 spiro atoms. The monoisotopic (exact) mass is 236 g/mol. The summed E-state index contributed by atoms with van der Waals surface area (Å²) in [6, 6.07) is 6.85. The molecule has 0 aliphatic carbocycles. The lowest BCUT2D eigenvalue weighted by Crippen LogP contribution is -2.26. The zero-order chi connectivity index (χ0) is 12.1. The van der Waals surface area contributed by atoms with Gasteiger partial charge in [-0.05, 0) is 49.7 Å². The van der Waals surface area contributed by atoms with Gasteiger partial charge < -0.3 is 5.32 Å². The molecule has 2 nitrogen and oxygen atoms in total. The molecule has 17 heavy (non-hydrogen) atoms. The molecule has 1 aromatic rings. The van der Waals surface area contributed by atoms with E-state index >= 15 is 0 Å². The van der Waals surface area contributed by atoms with Crippen molar-refractivity contribution in [3.8, 4) is 0 Å². The Bertz CT molecular complexity index is 337. The minimum atomic E-state index is -0.153. The summed E-state index contributed by atoms with van der Waals surface area (Å²) in [6.45, 7) is 7.58. The average Bonchev–Trinajstić information content (AvgIpc) is 2.77. The Balaban J connectivity index is 1.79. The highest BCUT2D eigenvalue weighted by molar-refractivity contribution is 5.16. The molecular formula is C14H21FN2. The van der Waals surface area contributed by atoms with Crippen molar-refractivity contribution in [1.29, 1.82) is 0 Å². The van der Waals surface area contributed by atoms with Gasteiger partial charge in [0, 0.05) is 13.1 Å². The summed E-state index contributed by atoms with van der Waals surface area (Å²) in [5.41, 5.74) is 1.20. The highest BCUT2D eigenvalue weighted by Crippen LogP contribution is 2.18. The fourth-order valence-corrected chi connectivity index (χ4v) is 2.42. The van der Waals surface area contributed by atoms with Crippen molar-refractivity contribution in [2.75, 3.05) is 26.2 Å². The van der Waals surface area contributed by atoms with Gasteiger partial charge in [0.2, 0.25) is 0 Å². The molecule has 1 heterocycles. The number of benzene rings is 1. The zero-order valence-corrected chi connectivity index (χ0v) is 10.5. The van der Waals surface area contributed by atoms with Crippen LogP contribution in [0, 0.1) is 11.7 Å². The summed E-state index contributed by atoms with van der Waals surface area (Å²) in [5.74, 6) is 0.621. The van der Waals surface area contributed by atoms with E-state index in [9.17, 15) is 4.39 Å². The van der Waals surface area contributed by atoms with Gasteiger partial charge in [0.05, 0.1) is 0 Å². The Kier molecular flexibility index (Phi) is 4.51. The predicted molar refractivity (Wildman–Crippen MR) is 68.3 cm³/mol. The Morgan fingerprint density at radius 3 is 2.82 bits per heavy atom. The molecule has 3 heteroatoms. The summed E-state index contributed by atoms with van der Waals surface area (Å²) in [7, 11) is 0. The van der Waals surface area contributed by atoms with Gasteiger partial charge in [-0.2, -0.15) is 0 Å². The van der Waals surface area contributed by atoms with Gasteiger partial charge in [0.1, 0.15) is 5.82 Å². The number of hydrogen-bond donors (Lipinski definition) is 1. The Labute approximate surface area is 103 Å². The molecule has 1 unspecified atom stereocenters.